The Morgan fingerprint density at radius 1 is 1.18 bits per heavy atom. The van der Waals surface area contributed by atoms with Crippen LogP contribution in [0.15, 0.2) is 34.8 Å². The number of anilines is 1. The van der Waals surface area contributed by atoms with Gasteiger partial charge < -0.3 is 5.32 Å². The number of aryl methyl sites for hydroxylation is 1. The fourth-order valence-electron chi connectivity index (χ4n) is 1.61. The lowest BCUT2D eigenvalue weighted by Gasteiger charge is -2.09. The van der Waals surface area contributed by atoms with Crippen LogP contribution in [0.5, 0.6) is 0 Å². The molecule has 0 aliphatic heterocycles. The maximum absolute atomic E-state index is 4.57. The topological polar surface area (TPSA) is 37.8 Å². The van der Waals surface area contributed by atoms with E-state index in [-0.39, 0.29) is 0 Å². The molecule has 0 bridgehead atoms. The molecule has 17 heavy (non-hydrogen) atoms. The summed E-state index contributed by atoms with van der Waals surface area (Å²) < 4.78 is 0.946. The summed E-state index contributed by atoms with van der Waals surface area (Å²) in [4.78, 5) is 9.07. The normalized spacial score (nSPS) is 10.3. The van der Waals surface area contributed by atoms with Gasteiger partial charge in [-0.25, -0.2) is 9.97 Å². The number of hydrogen-bond acceptors (Lipinski definition) is 3. The average Bonchev–Trinajstić information content (AvgIpc) is 2.40. The lowest BCUT2D eigenvalue weighted by atomic mass is 10.2. The number of nitrogens with one attached hydrogen (secondary N) is 1. The van der Waals surface area contributed by atoms with Gasteiger partial charge in [-0.1, -0.05) is 37.3 Å². The first-order valence-corrected chi connectivity index (χ1v) is 6.35. The van der Waals surface area contributed by atoms with Gasteiger partial charge in [-0.3, -0.25) is 0 Å². The first-order valence-electron chi connectivity index (χ1n) is 5.55. The highest BCUT2D eigenvalue weighted by Crippen LogP contribution is 2.27. The van der Waals surface area contributed by atoms with Gasteiger partial charge >= 0.3 is 0 Å². The van der Waals surface area contributed by atoms with Crippen molar-refractivity contribution >= 4 is 21.7 Å². The minimum absolute atomic E-state index is 0.759. The highest BCUT2D eigenvalue weighted by molar-refractivity contribution is 9.10. The second kappa shape index (κ2) is 5.27. The number of aromatic nitrogens is 2. The molecule has 1 aromatic carbocycles. The van der Waals surface area contributed by atoms with Gasteiger partial charge in [0.2, 0.25) is 0 Å². The van der Waals surface area contributed by atoms with E-state index in [2.05, 4.69) is 38.1 Å². The van der Waals surface area contributed by atoms with Crippen LogP contribution in [0, 0.1) is 0 Å². The minimum atomic E-state index is 0.759. The van der Waals surface area contributed by atoms with E-state index in [0.717, 1.165) is 33.8 Å². The molecule has 0 aliphatic rings. The van der Waals surface area contributed by atoms with Gasteiger partial charge in [0.1, 0.15) is 5.82 Å². The van der Waals surface area contributed by atoms with Crippen LogP contribution >= 0.6 is 15.9 Å². The fraction of sp³-hybridized carbons (Fsp3) is 0.231. The Morgan fingerprint density at radius 3 is 2.47 bits per heavy atom. The van der Waals surface area contributed by atoms with Crippen molar-refractivity contribution in [3.05, 3.63) is 40.5 Å². The molecule has 1 heterocycles. The molecule has 2 aromatic rings. The number of hydrogen-bond donors (Lipinski definition) is 1. The summed E-state index contributed by atoms with van der Waals surface area (Å²) in [6, 6.07) is 10.0. The van der Waals surface area contributed by atoms with E-state index in [0.29, 0.717) is 0 Å². The molecule has 0 amide bonds. The van der Waals surface area contributed by atoms with Crippen LogP contribution in [0.25, 0.3) is 11.4 Å². The van der Waals surface area contributed by atoms with Crippen molar-refractivity contribution in [1.82, 2.24) is 9.97 Å². The summed E-state index contributed by atoms with van der Waals surface area (Å²) in [6.07, 6.45) is 0.873. The van der Waals surface area contributed by atoms with Gasteiger partial charge in [0, 0.05) is 12.6 Å². The minimum Gasteiger partial charge on any atom is -0.372 e. The molecular weight excluding hydrogens is 278 g/mol. The lowest BCUT2D eigenvalue weighted by molar-refractivity contribution is 0.991. The van der Waals surface area contributed by atoms with Crippen LogP contribution in [0.3, 0.4) is 0 Å². The van der Waals surface area contributed by atoms with E-state index in [1.54, 1.807) is 0 Å². The smallest absolute Gasteiger partial charge is 0.161 e. The molecule has 88 valence electrons. The molecular formula is C13H14BrN3. The van der Waals surface area contributed by atoms with Crippen molar-refractivity contribution in [1.29, 1.82) is 0 Å². The Balaban J connectivity index is 2.56. The SMILES string of the molecule is CCc1nc(-c2ccccc2)nc(NC)c1Br. The Hall–Kier alpha value is -1.42. The van der Waals surface area contributed by atoms with Crippen LogP contribution in [0.2, 0.25) is 0 Å². The van der Waals surface area contributed by atoms with Crippen molar-refractivity contribution in [3.63, 3.8) is 0 Å². The van der Waals surface area contributed by atoms with Crippen LogP contribution in [-0.2, 0) is 6.42 Å². The molecule has 0 aliphatic carbocycles. The number of benzene rings is 1. The summed E-state index contributed by atoms with van der Waals surface area (Å²) >= 11 is 3.52. The first-order chi connectivity index (χ1) is 8.26. The number of nitrogens with zero attached hydrogens (tertiary/aromatic N) is 2. The van der Waals surface area contributed by atoms with E-state index >= 15 is 0 Å². The largest absolute Gasteiger partial charge is 0.372 e. The van der Waals surface area contributed by atoms with Crippen LogP contribution in [-0.4, -0.2) is 17.0 Å². The molecule has 0 saturated carbocycles. The van der Waals surface area contributed by atoms with Crippen molar-refractivity contribution < 1.29 is 0 Å². The molecule has 0 spiro atoms. The molecule has 4 heteroatoms. The third-order valence-electron chi connectivity index (χ3n) is 2.52. The Kier molecular flexibility index (Phi) is 3.74. The van der Waals surface area contributed by atoms with Gasteiger partial charge in [0.25, 0.3) is 0 Å². The van der Waals surface area contributed by atoms with Gasteiger partial charge in [0.05, 0.1) is 10.2 Å². The van der Waals surface area contributed by atoms with E-state index in [4.69, 9.17) is 0 Å². The van der Waals surface area contributed by atoms with Gasteiger partial charge in [0.15, 0.2) is 5.82 Å². The van der Waals surface area contributed by atoms with Crippen molar-refractivity contribution in [3.8, 4) is 11.4 Å². The average molecular weight is 292 g/mol. The highest BCUT2D eigenvalue weighted by Gasteiger charge is 2.10. The summed E-state index contributed by atoms with van der Waals surface area (Å²) in [5.41, 5.74) is 2.05. The van der Waals surface area contributed by atoms with Gasteiger partial charge in [-0.15, -0.1) is 0 Å². The quantitative estimate of drug-likeness (QED) is 0.940. The monoisotopic (exact) mass is 291 g/mol. The maximum Gasteiger partial charge on any atom is 0.161 e. The molecule has 3 nitrogen and oxygen atoms in total. The second-order valence-electron chi connectivity index (χ2n) is 3.63. The van der Waals surface area contributed by atoms with Crippen LogP contribution in [0.4, 0.5) is 5.82 Å². The molecule has 0 unspecified atom stereocenters. The number of halogens is 1. The van der Waals surface area contributed by atoms with E-state index < -0.39 is 0 Å². The summed E-state index contributed by atoms with van der Waals surface area (Å²) in [5.74, 6) is 1.59. The van der Waals surface area contributed by atoms with E-state index in [1.807, 2.05) is 37.4 Å². The summed E-state index contributed by atoms with van der Waals surface area (Å²) in [7, 11) is 1.86. The van der Waals surface area contributed by atoms with Crippen LogP contribution < -0.4 is 5.32 Å². The molecule has 0 saturated heterocycles. The van der Waals surface area contributed by atoms with E-state index in [1.165, 1.54) is 0 Å². The predicted molar refractivity (Wildman–Crippen MR) is 74.1 cm³/mol. The second-order valence-corrected chi connectivity index (χ2v) is 4.42. The van der Waals surface area contributed by atoms with Crippen molar-refractivity contribution in [2.45, 2.75) is 13.3 Å². The third kappa shape index (κ3) is 2.47. The molecule has 0 fully saturated rings. The van der Waals surface area contributed by atoms with Gasteiger partial charge in [-0.05, 0) is 22.4 Å². The lowest BCUT2D eigenvalue weighted by Crippen LogP contribution is -2.02. The van der Waals surface area contributed by atoms with Crippen LogP contribution in [0.1, 0.15) is 12.6 Å². The zero-order chi connectivity index (χ0) is 12.3. The first kappa shape index (κ1) is 12.0. The molecule has 2 rings (SSSR count). The zero-order valence-electron chi connectivity index (χ0n) is 9.87. The van der Waals surface area contributed by atoms with Crippen molar-refractivity contribution in [2.24, 2.45) is 0 Å². The third-order valence-corrected chi connectivity index (χ3v) is 3.36. The summed E-state index contributed by atoms with van der Waals surface area (Å²) in [5, 5.41) is 3.08. The maximum atomic E-state index is 4.57. The zero-order valence-corrected chi connectivity index (χ0v) is 11.5. The highest BCUT2D eigenvalue weighted by atomic mass is 79.9. The Morgan fingerprint density at radius 2 is 1.88 bits per heavy atom. The molecule has 1 aromatic heterocycles. The molecule has 1 N–H and O–H groups in total. The predicted octanol–water partition coefficient (Wildman–Crippen LogP) is 3.51. The Labute approximate surface area is 109 Å². The van der Waals surface area contributed by atoms with E-state index in [9.17, 15) is 0 Å². The molecule has 0 atom stereocenters. The summed E-state index contributed by atoms with van der Waals surface area (Å²) in [6.45, 7) is 2.08. The Bertz CT molecular complexity index is 486. The molecule has 0 radical (unpaired) electrons. The standard InChI is InChI=1S/C13H14BrN3/c1-3-10-11(14)13(15-2)17-12(16-10)9-7-5-4-6-8-9/h4-8H,3H2,1-2H3,(H,15,16,17). The van der Waals surface area contributed by atoms with Crippen molar-refractivity contribution in [2.75, 3.05) is 12.4 Å². The van der Waals surface area contributed by atoms with Gasteiger partial charge in [-0.2, -0.15) is 0 Å². The fourth-order valence-corrected chi connectivity index (χ4v) is 2.27. The number of rotatable bonds is 3.